The second kappa shape index (κ2) is 23.4. The fraction of sp³-hybridized carbons (Fsp3) is 0.652. The van der Waals surface area contributed by atoms with Gasteiger partial charge >= 0.3 is 18.0 Å². The number of nitrogens with one attached hydrogen (secondary N) is 4. The Bertz CT molecular complexity index is 2690. The number of amides is 3. The number of hydrogen-bond acceptors (Lipinski definition) is 20. The lowest BCUT2D eigenvalue weighted by Crippen LogP contribution is -2.54. The number of carbonyl (C=O) groups is 5. The van der Waals surface area contributed by atoms with E-state index in [1.165, 1.54) is 28.7 Å². The molecule has 0 radical (unpaired) electrons. The van der Waals surface area contributed by atoms with Crippen LogP contribution in [0.1, 0.15) is 110 Å². The average Bonchev–Trinajstić information content (AvgIpc) is 4.03. The van der Waals surface area contributed by atoms with Crippen LogP contribution in [-0.4, -0.2) is 163 Å². The van der Waals surface area contributed by atoms with Crippen LogP contribution >= 0.6 is 0 Å². The van der Waals surface area contributed by atoms with E-state index < -0.39 is 118 Å². The number of ether oxygens (including phenoxy) is 5. The summed E-state index contributed by atoms with van der Waals surface area (Å²) in [6.45, 7) is 19.1. The number of aliphatic hydroxyl groups excluding tert-OH is 3. The van der Waals surface area contributed by atoms with E-state index in [1.54, 1.807) is 62.3 Å². The number of hydrogen-bond donors (Lipinski definition) is 8. The molecule has 0 aliphatic carbocycles. The molecule has 0 bridgehead atoms. The Labute approximate surface area is 428 Å². The molecule has 410 valence electrons. The lowest BCUT2D eigenvalue weighted by molar-refractivity contribution is -0.243. The molecule has 1 aromatic carbocycles. The normalized spacial score (nSPS) is 20.6. The van der Waals surface area contributed by atoms with Crippen LogP contribution in [0.3, 0.4) is 0 Å². The number of sulfonamides is 1. The van der Waals surface area contributed by atoms with Crippen LogP contribution in [0.25, 0.3) is 11.4 Å². The topological polar surface area (TPSA) is 374 Å². The largest absolute Gasteiger partial charge is 0.487 e. The highest BCUT2D eigenvalue weighted by molar-refractivity contribution is 7.90. The monoisotopic (exact) mass is 1060 g/mol. The van der Waals surface area contributed by atoms with Gasteiger partial charge in [-0.2, -0.15) is 0 Å². The van der Waals surface area contributed by atoms with E-state index in [2.05, 4.69) is 46.3 Å². The van der Waals surface area contributed by atoms with Crippen molar-refractivity contribution >= 4 is 45.8 Å². The van der Waals surface area contributed by atoms with Gasteiger partial charge in [0.1, 0.15) is 70.9 Å². The molecule has 3 amide bonds. The van der Waals surface area contributed by atoms with E-state index in [-0.39, 0.29) is 48.8 Å². The van der Waals surface area contributed by atoms with Crippen LogP contribution in [0.2, 0.25) is 0 Å². The molecular formula is C46H70N12O15S. The predicted molar refractivity (Wildman–Crippen MR) is 261 cm³/mol. The van der Waals surface area contributed by atoms with Gasteiger partial charge in [-0.25, -0.2) is 32.1 Å². The van der Waals surface area contributed by atoms with Gasteiger partial charge in [0, 0.05) is 18.5 Å². The Kier molecular flexibility index (Phi) is 18.4. The van der Waals surface area contributed by atoms with Gasteiger partial charge in [-0.1, -0.05) is 10.4 Å². The standard InChI is InChI=1S/C46H70N12O15S/c1-23-24(2)38(25(3)27-19-46(11,12)72-37(23)27)74(67,68)54-42(47)48-15-13-14-28(51-43(66)73-45(8,9)10)39(64)49-20-32(59)50-29(18-33(60)71-44(5,6)7)41(65)69-17-16-57-21-30(52-55-57)31-22-58(56-53-31)40-36(63)35(62)34(61)26(4)70-40/h21-22,26,28-29,34-36,40,61-63H,13-20H2,1-12H3,(H,49,64)(H,50,59)(H,51,66)(H3,47,48,54)/t26-,28+,29+,34+,35+,36-,40-/m1/s1. The van der Waals surface area contributed by atoms with Gasteiger partial charge in [0.15, 0.2) is 6.23 Å². The van der Waals surface area contributed by atoms with E-state index in [9.17, 15) is 47.7 Å². The molecule has 74 heavy (non-hydrogen) atoms. The summed E-state index contributed by atoms with van der Waals surface area (Å²) < 4.78 is 60.0. The van der Waals surface area contributed by atoms with Crippen molar-refractivity contribution in [3.63, 3.8) is 0 Å². The third-order valence-electron chi connectivity index (χ3n) is 11.5. The maximum absolute atomic E-state index is 13.7. The number of alkyl carbamates (subject to hydrolysis) is 1. The first kappa shape index (κ1) is 58.4. The minimum absolute atomic E-state index is 0.0508. The molecule has 3 aromatic rings. The van der Waals surface area contributed by atoms with E-state index in [1.807, 2.05) is 13.8 Å². The minimum Gasteiger partial charge on any atom is -0.487 e. The summed E-state index contributed by atoms with van der Waals surface area (Å²) in [6.07, 6.45) is -4.50. The zero-order valence-corrected chi connectivity index (χ0v) is 44.5. The Morgan fingerprint density at radius 3 is 2.22 bits per heavy atom. The van der Waals surface area contributed by atoms with Gasteiger partial charge in [-0.05, 0) is 113 Å². The second-order valence-corrected chi connectivity index (χ2v) is 22.3. The summed E-state index contributed by atoms with van der Waals surface area (Å²) in [5.41, 5.74) is 6.63. The van der Waals surface area contributed by atoms with Gasteiger partial charge in [0.05, 0.1) is 42.9 Å². The van der Waals surface area contributed by atoms with Crippen LogP contribution in [0, 0.1) is 20.8 Å². The number of carbonyl (C=O) groups excluding carboxylic acids is 5. The van der Waals surface area contributed by atoms with Crippen LogP contribution < -0.4 is 31.1 Å². The number of nitrogens with two attached hydrogens (primary N) is 1. The van der Waals surface area contributed by atoms with Crippen molar-refractivity contribution in [2.24, 2.45) is 10.7 Å². The zero-order valence-electron chi connectivity index (χ0n) is 43.7. The fourth-order valence-corrected chi connectivity index (χ4v) is 9.52. The van der Waals surface area contributed by atoms with Crippen molar-refractivity contribution in [1.82, 2.24) is 50.7 Å². The van der Waals surface area contributed by atoms with Crippen molar-refractivity contribution in [2.45, 2.75) is 180 Å². The molecule has 1 saturated heterocycles. The summed E-state index contributed by atoms with van der Waals surface area (Å²) >= 11 is 0. The van der Waals surface area contributed by atoms with E-state index in [0.717, 1.165) is 5.56 Å². The first-order valence-electron chi connectivity index (χ1n) is 23.9. The third kappa shape index (κ3) is 15.5. The predicted octanol–water partition coefficient (Wildman–Crippen LogP) is 0.0181. The first-order valence-corrected chi connectivity index (χ1v) is 25.4. The molecule has 1 fully saturated rings. The number of benzene rings is 1. The van der Waals surface area contributed by atoms with Gasteiger partial charge < -0.3 is 60.7 Å². The van der Waals surface area contributed by atoms with Gasteiger partial charge in [0.25, 0.3) is 10.0 Å². The fourth-order valence-electron chi connectivity index (χ4n) is 7.99. The van der Waals surface area contributed by atoms with E-state index in [4.69, 9.17) is 29.4 Å². The SMILES string of the molecule is Cc1c(C)c(S(=O)(=O)NC(N)=NCCC[C@H](NC(=O)OC(C)(C)C)C(=O)NCC(=O)N[C@@H](CC(=O)OC(C)(C)C)C(=O)OCCn2cc(-c3cn([C@@H]4O[C@H](C)[C@H](O)[C@H](O)[C@H]4O)nn3)nn2)c(C)c2c1OC(C)(C)C2. The van der Waals surface area contributed by atoms with Crippen molar-refractivity contribution in [3.05, 3.63) is 34.6 Å². The molecule has 2 aliphatic heterocycles. The number of esters is 2. The highest BCUT2D eigenvalue weighted by atomic mass is 32.2. The first-order chi connectivity index (χ1) is 34.3. The zero-order chi connectivity index (χ0) is 55.2. The molecule has 2 aliphatic rings. The molecule has 27 nitrogen and oxygen atoms in total. The van der Waals surface area contributed by atoms with E-state index >= 15 is 0 Å². The smallest absolute Gasteiger partial charge is 0.408 e. The summed E-state index contributed by atoms with van der Waals surface area (Å²) in [5, 5.41) is 53.9. The molecular weight excluding hydrogens is 993 g/mol. The molecule has 28 heteroatoms. The average molecular weight is 1060 g/mol. The number of aliphatic hydroxyl groups is 3. The van der Waals surface area contributed by atoms with Crippen LogP contribution in [0.5, 0.6) is 5.75 Å². The van der Waals surface area contributed by atoms with Crippen LogP contribution in [-0.2, 0) is 61.1 Å². The number of aromatic nitrogens is 6. The quantitative estimate of drug-likeness (QED) is 0.0258. The Balaban J connectivity index is 1.18. The highest BCUT2D eigenvalue weighted by Crippen LogP contribution is 2.43. The Morgan fingerprint density at radius 2 is 1.55 bits per heavy atom. The molecule has 9 N–H and O–H groups in total. The minimum atomic E-state index is -4.20. The second-order valence-electron chi connectivity index (χ2n) is 20.7. The van der Waals surface area contributed by atoms with Crippen molar-refractivity contribution < 1.29 is 71.4 Å². The van der Waals surface area contributed by atoms with E-state index in [0.29, 0.717) is 28.9 Å². The molecule has 5 rings (SSSR count). The number of guanidine groups is 1. The maximum atomic E-state index is 13.7. The van der Waals surface area contributed by atoms with Gasteiger partial charge in [-0.3, -0.25) is 19.4 Å². The Morgan fingerprint density at radius 1 is 0.905 bits per heavy atom. The van der Waals surface area contributed by atoms with Crippen LogP contribution in [0.15, 0.2) is 22.3 Å². The number of nitrogens with zero attached hydrogens (tertiary/aromatic N) is 7. The summed E-state index contributed by atoms with van der Waals surface area (Å²) in [5.74, 6) is -3.35. The molecule has 4 heterocycles. The van der Waals surface area contributed by atoms with Crippen LogP contribution in [0.4, 0.5) is 4.79 Å². The number of rotatable bonds is 19. The lowest BCUT2D eigenvalue weighted by Gasteiger charge is -2.38. The van der Waals surface area contributed by atoms with Crippen molar-refractivity contribution in [3.8, 4) is 17.1 Å². The summed E-state index contributed by atoms with van der Waals surface area (Å²) in [6, 6.07) is -2.87. The number of aliphatic imine (C=N–C) groups is 1. The molecule has 2 aromatic heterocycles. The summed E-state index contributed by atoms with van der Waals surface area (Å²) in [4.78, 5) is 70.1. The third-order valence-corrected chi connectivity index (χ3v) is 13.2. The molecule has 0 saturated carbocycles. The number of fused-ring (bicyclic) bond motifs is 1. The maximum Gasteiger partial charge on any atom is 0.408 e. The highest BCUT2D eigenvalue weighted by Gasteiger charge is 2.43. The van der Waals surface area contributed by atoms with Crippen molar-refractivity contribution in [2.75, 3.05) is 19.7 Å². The van der Waals surface area contributed by atoms with Crippen molar-refractivity contribution in [1.29, 1.82) is 0 Å². The summed E-state index contributed by atoms with van der Waals surface area (Å²) in [7, 11) is -4.20. The molecule has 7 atom stereocenters. The van der Waals surface area contributed by atoms with Gasteiger partial charge in [0.2, 0.25) is 17.8 Å². The lowest BCUT2D eigenvalue weighted by atomic mass is 9.94. The Hall–Kier alpha value is -6.49. The molecule has 0 spiro atoms. The van der Waals surface area contributed by atoms with Gasteiger partial charge in [-0.15, -0.1) is 10.2 Å². The molecule has 0 unspecified atom stereocenters.